The number of rotatable bonds is 7. The number of pyridine rings is 1. The number of benzene rings is 2. The highest BCUT2D eigenvalue weighted by atomic mass is 32.1. The Balaban J connectivity index is 1.85. The number of aromatic nitrogens is 1. The van der Waals surface area contributed by atoms with Crippen molar-refractivity contribution >= 4 is 33.9 Å². The maximum Gasteiger partial charge on any atom is 0.253 e. The van der Waals surface area contributed by atoms with Crippen molar-refractivity contribution in [3.05, 3.63) is 69.5 Å². The smallest absolute Gasteiger partial charge is 0.253 e. The van der Waals surface area contributed by atoms with E-state index in [-0.39, 0.29) is 12.2 Å². The van der Waals surface area contributed by atoms with Crippen LogP contribution in [0.3, 0.4) is 0 Å². The van der Waals surface area contributed by atoms with E-state index in [9.17, 15) is 9.90 Å². The molecule has 0 fully saturated rings. The highest BCUT2D eigenvalue weighted by Crippen LogP contribution is 2.20. The molecule has 6 nitrogen and oxygen atoms in total. The van der Waals surface area contributed by atoms with Gasteiger partial charge in [-0.15, -0.1) is 0 Å². The zero-order valence-electron chi connectivity index (χ0n) is 17.5. The highest BCUT2D eigenvalue weighted by Gasteiger charge is 2.14. The molecule has 3 N–H and O–H groups in total. The van der Waals surface area contributed by atoms with Gasteiger partial charge in [-0.05, 0) is 67.7 Å². The number of thiocarbonyl (C=S) groups is 1. The fourth-order valence-corrected chi connectivity index (χ4v) is 3.60. The Labute approximate surface area is 181 Å². The van der Waals surface area contributed by atoms with Crippen molar-refractivity contribution in [2.45, 2.75) is 26.8 Å². The summed E-state index contributed by atoms with van der Waals surface area (Å²) in [5.74, 6) is 0.689. The van der Waals surface area contributed by atoms with E-state index in [0.717, 1.165) is 22.2 Å². The molecule has 0 aliphatic rings. The van der Waals surface area contributed by atoms with Crippen LogP contribution in [0.5, 0.6) is 5.75 Å². The van der Waals surface area contributed by atoms with E-state index in [4.69, 9.17) is 17.0 Å². The molecule has 2 aromatic carbocycles. The molecular weight excluding hydrogens is 398 g/mol. The lowest BCUT2D eigenvalue weighted by atomic mass is 10.1. The predicted octanol–water partition coefficient (Wildman–Crippen LogP) is 3.73. The number of H-pyrrole nitrogens is 1. The second-order valence-corrected chi connectivity index (χ2v) is 7.71. The molecule has 0 bridgehead atoms. The molecule has 0 spiro atoms. The van der Waals surface area contributed by atoms with Crippen LogP contribution in [-0.4, -0.2) is 40.4 Å². The van der Waals surface area contributed by atoms with Crippen LogP contribution in [0.25, 0.3) is 10.9 Å². The van der Waals surface area contributed by atoms with E-state index >= 15 is 0 Å². The molecule has 3 rings (SSSR count). The van der Waals surface area contributed by atoms with Gasteiger partial charge in [-0.25, -0.2) is 0 Å². The van der Waals surface area contributed by atoms with Crippen molar-refractivity contribution in [2.75, 3.05) is 25.6 Å². The van der Waals surface area contributed by atoms with Gasteiger partial charge in [0.1, 0.15) is 5.75 Å². The SMILES string of the molecule is COc1ccc2cc(CN(CCCO)C(=S)Nc3ccc(C)cc3C)c(=O)[nH]c2c1. The van der Waals surface area contributed by atoms with Crippen molar-refractivity contribution in [3.63, 3.8) is 0 Å². The van der Waals surface area contributed by atoms with Gasteiger partial charge in [0.05, 0.1) is 19.2 Å². The first-order valence-corrected chi connectivity index (χ1v) is 10.3. The highest BCUT2D eigenvalue weighted by molar-refractivity contribution is 7.80. The van der Waals surface area contributed by atoms with Crippen LogP contribution in [0.4, 0.5) is 5.69 Å². The summed E-state index contributed by atoms with van der Waals surface area (Å²) < 4.78 is 5.23. The third-order valence-corrected chi connectivity index (χ3v) is 5.35. The number of hydrogen-bond donors (Lipinski definition) is 3. The van der Waals surface area contributed by atoms with E-state index < -0.39 is 0 Å². The van der Waals surface area contributed by atoms with Gasteiger partial charge in [-0.3, -0.25) is 4.79 Å². The Morgan fingerprint density at radius 2 is 2.00 bits per heavy atom. The summed E-state index contributed by atoms with van der Waals surface area (Å²) >= 11 is 5.64. The number of methoxy groups -OCH3 is 1. The zero-order valence-corrected chi connectivity index (χ0v) is 18.3. The molecule has 1 heterocycles. The van der Waals surface area contributed by atoms with Gasteiger partial charge >= 0.3 is 0 Å². The van der Waals surface area contributed by atoms with E-state index in [1.165, 1.54) is 5.56 Å². The molecule has 30 heavy (non-hydrogen) atoms. The summed E-state index contributed by atoms with van der Waals surface area (Å²) in [6.07, 6.45) is 0.553. The van der Waals surface area contributed by atoms with E-state index in [2.05, 4.69) is 16.4 Å². The zero-order chi connectivity index (χ0) is 21.7. The van der Waals surface area contributed by atoms with Crippen LogP contribution in [0, 0.1) is 13.8 Å². The fraction of sp³-hybridized carbons (Fsp3) is 0.304. The van der Waals surface area contributed by atoms with E-state index in [1.807, 2.05) is 49.1 Å². The Kier molecular flexibility index (Phi) is 7.07. The molecular formula is C23H27N3O3S. The van der Waals surface area contributed by atoms with Gasteiger partial charge in [0.2, 0.25) is 0 Å². The summed E-state index contributed by atoms with van der Waals surface area (Å²) in [6.45, 7) is 5.00. The van der Waals surface area contributed by atoms with Crippen molar-refractivity contribution < 1.29 is 9.84 Å². The van der Waals surface area contributed by atoms with Gasteiger partial charge in [0, 0.05) is 30.5 Å². The van der Waals surface area contributed by atoms with E-state index in [1.54, 1.807) is 13.2 Å². The number of aliphatic hydroxyl groups excluding tert-OH is 1. The molecule has 158 valence electrons. The van der Waals surface area contributed by atoms with Crippen LogP contribution in [0.1, 0.15) is 23.1 Å². The van der Waals surface area contributed by atoms with Crippen molar-refractivity contribution in [1.29, 1.82) is 0 Å². The average molecular weight is 426 g/mol. The number of aryl methyl sites for hydroxylation is 2. The number of nitrogens with zero attached hydrogens (tertiary/aromatic N) is 1. The first kappa shape index (κ1) is 21.8. The molecule has 1 aromatic heterocycles. The lowest BCUT2D eigenvalue weighted by Crippen LogP contribution is -2.37. The maximum absolute atomic E-state index is 12.7. The minimum absolute atomic E-state index is 0.0521. The van der Waals surface area contributed by atoms with Gasteiger partial charge in [0.15, 0.2) is 5.11 Å². The first-order chi connectivity index (χ1) is 14.4. The van der Waals surface area contributed by atoms with Crippen LogP contribution >= 0.6 is 12.2 Å². The molecule has 0 radical (unpaired) electrons. The number of anilines is 1. The minimum atomic E-state index is -0.168. The maximum atomic E-state index is 12.7. The normalized spacial score (nSPS) is 10.8. The third kappa shape index (κ3) is 5.17. The molecule has 0 saturated carbocycles. The van der Waals surface area contributed by atoms with Crippen LogP contribution in [-0.2, 0) is 6.54 Å². The standard InChI is InChI=1S/C23H27N3O3S/c1-15-5-8-20(16(2)11-15)25-23(30)26(9-4-10-27)14-18-12-17-6-7-19(29-3)13-21(17)24-22(18)28/h5-8,11-13,27H,4,9-10,14H2,1-3H3,(H,24,28)(H,25,30). The molecule has 0 saturated heterocycles. The summed E-state index contributed by atoms with van der Waals surface area (Å²) in [5, 5.41) is 14.0. The summed E-state index contributed by atoms with van der Waals surface area (Å²) in [7, 11) is 1.59. The Morgan fingerprint density at radius 1 is 1.20 bits per heavy atom. The molecule has 7 heteroatoms. The lowest BCUT2D eigenvalue weighted by Gasteiger charge is -2.26. The number of aliphatic hydroxyl groups is 1. The second-order valence-electron chi connectivity index (χ2n) is 7.32. The quantitative estimate of drug-likeness (QED) is 0.501. The van der Waals surface area contributed by atoms with Crippen molar-refractivity contribution in [2.24, 2.45) is 0 Å². The summed E-state index contributed by atoms with van der Waals surface area (Å²) in [6, 6.07) is 13.6. The number of hydrogen-bond acceptors (Lipinski definition) is 4. The second kappa shape index (κ2) is 9.73. The summed E-state index contributed by atoms with van der Waals surface area (Å²) in [4.78, 5) is 17.5. The molecule has 0 aliphatic heterocycles. The van der Waals surface area contributed by atoms with Crippen molar-refractivity contribution in [1.82, 2.24) is 9.88 Å². The number of aromatic amines is 1. The number of nitrogens with one attached hydrogen (secondary N) is 2. The van der Waals surface area contributed by atoms with Crippen molar-refractivity contribution in [3.8, 4) is 5.75 Å². The fourth-order valence-electron chi connectivity index (χ4n) is 3.34. The lowest BCUT2D eigenvalue weighted by molar-refractivity contribution is 0.266. The summed E-state index contributed by atoms with van der Waals surface area (Å²) in [5.41, 5.74) is 4.37. The first-order valence-electron chi connectivity index (χ1n) is 9.85. The average Bonchev–Trinajstić information content (AvgIpc) is 2.72. The largest absolute Gasteiger partial charge is 0.497 e. The van der Waals surface area contributed by atoms with Crippen LogP contribution in [0.15, 0.2) is 47.3 Å². The van der Waals surface area contributed by atoms with Gasteiger partial charge < -0.3 is 25.0 Å². The van der Waals surface area contributed by atoms with Gasteiger partial charge in [-0.2, -0.15) is 0 Å². The number of fused-ring (bicyclic) bond motifs is 1. The predicted molar refractivity (Wildman–Crippen MR) is 125 cm³/mol. The topological polar surface area (TPSA) is 77.6 Å². The molecule has 0 aliphatic carbocycles. The molecule has 0 unspecified atom stereocenters. The van der Waals surface area contributed by atoms with Crippen LogP contribution in [0.2, 0.25) is 0 Å². The van der Waals surface area contributed by atoms with E-state index in [0.29, 0.717) is 35.9 Å². The van der Waals surface area contributed by atoms with Crippen LogP contribution < -0.4 is 15.6 Å². The molecule has 3 aromatic rings. The Hall–Kier alpha value is -2.90. The van der Waals surface area contributed by atoms with Gasteiger partial charge in [0.25, 0.3) is 5.56 Å². The molecule has 0 atom stereocenters. The minimum Gasteiger partial charge on any atom is -0.497 e. The Morgan fingerprint density at radius 3 is 2.70 bits per heavy atom. The monoisotopic (exact) mass is 425 g/mol. The number of ether oxygens (including phenoxy) is 1. The van der Waals surface area contributed by atoms with Gasteiger partial charge in [-0.1, -0.05) is 17.7 Å². The Bertz CT molecular complexity index is 1110. The molecule has 0 amide bonds. The third-order valence-electron chi connectivity index (χ3n) is 4.99.